The summed E-state index contributed by atoms with van der Waals surface area (Å²) in [6.45, 7) is 0.816. The van der Waals surface area contributed by atoms with Crippen molar-refractivity contribution in [3.63, 3.8) is 0 Å². The summed E-state index contributed by atoms with van der Waals surface area (Å²) in [6, 6.07) is 19.4. The lowest BCUT2D eigenvalue weighted by molar-refractivity contribution is 0.264. The Bertz CT molecular complexity index is 828. The number of nitriles is 1. The molecule has 0 amide bonds. The highest BCUT2D eigenvalue weighted by Gasteiger charge is 2.33. The molecule has 1 heterocycles. The van der Waals surface area contributed by atoms with Crippen molar-refractivity contribution in [3.8, 4) is 11.8 Å². The maximum absolute atomic E-state index is 9.98. The minimum atomic E-state index is -0.749. The molecule has 0 N–H and O–H groups in total. The smallest absolute Gasteiger partial charge is 0.137 e. The van der Waals surface area contributed by atoms with E-state index < -0.39 is 5.41 Å². The summed E-state index contributed by atoms with van der Waals surface area (Å²) < 4.78 is 7.48. The van der Waals surface area contributed by atoms with Crippen LogP contribution in [0.25, 0.3) is 0 Å². The molecule has 0 radical (unpaired) electrons. The molecule has 1 atom stereocenters. The monoisotopic (exact) mass is 352 g/mol. The molecule has 1 aromatic heterocycles. The van der Waals surface area contributed by atoms with Gasteiger partial charge in [0.25, 0.3) is 0 Å². The Kier molecular flexibility index (Phi) is 5.32. The maximum Gasteiger partial charge on any atom is 0.137 e. The lowest BCUT2D eigenvalue weighted by atomic mass is 9.79. The normalized spacial score (nSPS) is 13.0. The van der Waals surface area contributed by atoms with Crippen LogP contribution in [0.4, 0.5) is 0 Å². The first-order chi connectivity index (χ1) is 12.2. The molecule has 0 fully saturated rings. The average Bonchev–Trinajstić information content (AvgIpc) is 3.16. The van der Waals surface area contributed by atoms with Gasteiger partial charge in [-0.25, -0.2) is 4.98 Å². The first-order valence-electron chi connectivity index (χ1n) is 7.89. The third kappa shape index (κ3) is 4.17. The van der Waals surface area contributed by atoms with Crippen molar-refractivity contribution in [3.05, 3.63) is 77.8 Å². The molecule has 0 aliphatic rings. The lowest BCUT2D eigenvalue weighted by Crippen LogP contribution is -2.32. The zero-order chi connectivity index (χ0) is 17.5. The van der Waals surface area contributed by atoms with Crippen LogP contribution in [0.5, 0.6) is 5.75 Å². The maximum atomic E-state index is 9.98. The zero-order valence-electron chi connectivity index (χ0n) is 13.5. The van der Waals surface area contributed by atoms with Crippen LogP contribution >= 0.6 is 11.6 Å². The summed E-state index contributed by atoms with van der Waals surface area (Å²) >= 11 is 5.89. The summed E-state index contributed by atoms with van der Waals surface area (Å²) in [5.74, 6) is 0.727. The number of halogens is 1. The number of benzene rings is 2. The second-order valence-corrected chi connectivity index (χ2v) is 6.14. The molecule has 0 aliphatic carbocycles. The van der Waals surface area contributed by atoms with Gasteiger partial charge in [0.05, 0.1) is 19.2 Å². The van der Waals surface area contributed by atoms with E-state index in [-0.39, 0.29) is 0 Å². The number of nitrogens with zero attached hydrogens (tertiary/aromatic N) is 4. The van der Waals surface area contributed by atoms with Crippen molar-refractivity contribution in [1.29, 1.82) is 5.26 Å². The van der Waals surface area contributed by atoms with Gasteiger partial charge in [0, 0.05) is 11.4 Å². The summed E-state index contributed by atoms with van der Waals surface area (Å²) in [7, 11) is 0. The minimum absolute atomic E-state index is 0.402. The molecule has 3 rings (SSSR count). The standard InChI is InChI=1S/C19H17ClN4O/c20-17-6-8-18(9-7-17)25-11-10-19(12-21,13-24-15-22-14-23-24)16-4-2-1-3-5-16/h1-9,14-15H,10-11,13H2. The van der Waals surface area contributed by atoms with E-state index in [0.717, 1.165) is 11.3 Å². The van der Waals surface area contributed by atoms with Crippen molar-refractivity contribution in [2.24, 2.45) is 0 Å². The van der Waals surface area contributed by atoms with Gasteiger partial charge in [0.2, 0.25) is 0 Å². The second kappa shape index (κ2) is 7.82. The van der Waals surface area contributed by atoms with Crippen LogP contribution < -0.4 is 4.74 Å². The molecule has 0 bridgehead atoms. The van der Waals surface area contributed by atoms with Crippen LogP contribution in [-0.4, -0.2) is 21.4 Å². The highest BCUT2D eigenvalue weighted by atomic mass is 35.5. The quantitative estimate of drug-likeness (QED) is 0.647. The van der Waals surface area contributed by atoms with Gasteiger partial charge in [0.15, 0.2) is 0 Å². The molecule has 0 saturated heterocycles. The highest BCUT2D eigenvalue weighted by molar-refractivity contribution is 6.30. The minimum Gasteiger partial charge on any atom is -0.494 e. The van der Waals surface area contributed by atoms with Crippen molar-refractivity contribution >= 4 is 11.6 Å². The summed E-state index contributed by atoms with van der Waals surface area (Å²) in [6.07, 6.45) is 3.61. The molecule has 0 spiro atoms. The molecule has 126 valence electrons. The van der Waals surface area contributed by atoms with Crippen LogP contribution in [0.15, 0.2) is 67.3 Å². The van der Waals surface area contributed by atoms with Gasteiger partial charge >= 0.3 is 0 Å². The number of hydrogen-bond acceptors (Lipinski definition) is 4. The molecular weight excluding hydrogens is 336 g/mol. The average molecular weight is 353 g/mol. The third-order valence-corrected chi connectivity index (χ3v) is 4.30. The number of hydrogen-bond donors (Lipinski definition) is 0. The highest BCUT2D eigenvalue weighted by Crippen LogP contribution is 2.30. The van der Waals surface area contributed by atoms with Crippen LogP contribution in [0, 0.1) is 11.3 Å². The Balaban J connectivity index is 1.78. The van der Waals surface area contributed by atoms with Crippen LogP contribution in [0.3, 0.4) is 0 Å². The summed E-state index contributed by atoms with van der Waals surface area (Å²) in [5.41, 5.74) is 0.189. The summed E-state index contributed by atoms with van der Waals surface area (Å²) in [4.78, 5) is 3.97. The molecule has 1 unspecified atom stereocenters. The summed E-state index contributed by atoms with van der Waals surface area (Å²) in [5, 5.41) is 14.8. The first kappa shape index (κ1) is 17.0. The molecule has 2 aromatic carbocycles. The van der Waals surface area contributed by atoms with Crippen molar-refractivity contribution < 1.29 is 4.74 Å². The Labute approximate surface area is 151 Å². The lowest BCUT2D eigenvalue weighted by Gasteiger charge is -2.27. The van der Waals surface area contributed by atoms with Crippen molar-refractivity contribution in [2.75, 3.05) is 6.61 Å². The predicted octanol–water partition coefficient (Wildman–Crippen LogP) is 3.86. The van der Waals surface area contributed by atoms with E-state index in [1.54, 1.807) is 23.1 Å². The second-order valence-electron chi connectivity index (χ2n) is 5.71. The fourth-order valence-electron chi connectivity index (χ4n) is 2.69. The van der Waals surface area contributed by atoms with Gasteiger partial charge in [0.1, 0.15) is 23.8 Å². The fraction of sp³-hybridized carbons (Fsp3) is 0.211. The fourth-order valence-corrected chi connectivity index (χ4v) is 2.82. The van der Waals surface area contributed by atoms with E-state index in [0.29, 0.717) is 24.6 Å². The van der Waals surface area contributed by atoms with Crippen molar-refractivity contribution in [2.45, 2.75) is 18.4 Å². The van der Waals surface area contributed by atoms with E-state index in [9.17, 15) is 5.26 Å². The van der Waals surface area contributed by atoms with E-state index in [1.807, 2.05) is 42.5 Å². The van der Waals surface area contributed by atoms with Crippen LogP contribution in [-0.2, 0) is 12.0 Å². The SMILES string of the molecule is N#CC(CCOc1ccc(Cl)cc1)(Cn1cncn1)c1ccccc1. The Morgan fingerprint density at radius 3 is 2.52 bits per heavy atom. The Morgan fingerprint density at radius 2 is 1.88 bits per heavy atom. The molecule has 0 saturated carbocycles. The first-order valence-corrected chi connectivity index (χ1v) is 8.27. The van der Waals surface area contributed by atoms with E-state index in [2.05, 4.69) is 16.2 Å². The molecule has 0 aliphatic heterocycles. The number of aromatic nitrogens is 3. The van der Waals surface area contributed by atoms with Crippen LogP contribution in [0.2, 0.25) is 5.02 Å². The Hall–Kier alpha value is -2.84. The molecule has 6 heteroatoms. The van der Waals surface area contributed by atoms with E-state index in [1.165, 1.54) is 6.33 Å². The van der Waals surface area contributed by atoms with Crippen molar-refractivity contribution in [1.82, 2.24) is 14.8 Å². The van der Waals surface area contributed by atoms with Gasteiger partial charge in [-0.05, 0) is 29.8 Å². The van der Waals surface area contributed by atoms with Gasteiger partial charge in [-0.1, -0.05) is 41.9 Å². The largest absolute Gasteiger partial charge is 0.494 e. The van der Waals surface area contributed by atoms with Gasteiger partial charge in [-0.3, -0.25) is 4.68 Å². The third-order valence-electron chi connectivity index (χ3n) is 4.05. The molecule has 3 aromatic rings. The molecule has 5 nitrogen and oxygen atoms in total. The van der Waals surface area contributed by atoms with E-state index >= 15 is 0 Å². The van der Waals surface area contributed by atoms with Gasteiger partial charge < -0.3 is 4.74 Å². The number of rotatable bonds is 7. The van der Waals surface area contributed by atoms with Crippen LogP contribution in [0.1, 0.15) is 12.0 Å². The van der Waals surface area contributed by atoms with Gasteiger partial charge in [-0.15, -0.1) is 0 Å². The molecule has 25 heavy (non-hydrogen) atoms. The van der Waals surface area contributed by atoms with E-state index in [4.69, 9.17) is 16.3 Å². The number of ether oxygens (including phenoxy) is 1. The van der Waals surface area contributed by atoms with Gasteiger partial charge in [-0.2, -0.15) is 10.4 Å². The molecular formula is C19H17ClN4O. The predicted molar refractivity (Wildman–Crippen MR) is 95.3 cm³/mol. The zero-order valence-corrected chi connectivity index (χ0v) is 14.3. The topological polar surface area (TPSA) is 63.7 Å². The Morgan fingerprint density at radius 1 is 1.12 bits per heavy atom.